The minimum absolute atomic E-state index is 0.0201. The van der Waals surface area contributed by atoms with E-state index in [0.29, 0.717) is 29.8 Å². The topological polar surface area (TPSA) is 143 Å². The third-order valence-electron chi connectivity index (χ3n) is 8.36. The van der Waals surface area contributed by atoms with Crippen molar-refractivity contribution in [1.29, 1.82) is 5.26 Å². The predicted molar refractivity (Wildman–Crippen MR) is 187 cm³/mol. The first-order valence-electron chi connectivity index (χ1n) is 16.1. The minimum Gasteiger partial charge on any atom is -0.390 e. The number of nitrogens with one attached hydrogen (secondary N) is 2. The van der Waals surface area contributed by atoms with Crippen LogP contribution < -0.4 is 19.8 Å². The molecule has 4 aromatic rings. The molecule has 4 aromatic carbocycles. The standard InChI is InChI=1S/C37H36F3N5O5S/c1-51(49,50)45(30-14-12-26(22-41)13-15-30)32-20-28(19-31(21-32)44-16-6-11-35(44)47)36(48)43-33(18-25-7-3-2-4-8-25)34(46)24-42-23-27-9-5-10-29(17-27)37(38,39)40/h2-5,7-10,12-15,17,19-21,33-34,42,46H,6,11,16,18,23-24H2,1H3,(H,43,48)/t33-,34+/m0/s1. The molecule has 0 bridgehead atoms. The molecule has 51 heavy (non-hydrogen) atoms. The van der Waals surface area contributed by atoms with E-state index in [0.717, 1.165) is 28.3 Å². The van der Waals surface area contributed by atoms with Gasteiger partial charge in [-0.3, -0.25) is 9.59 Å². The molecule has 0 spiro atoms. The van der Waals surface area contributed by atoms with Crippen LogP contribution in [0.25, 0.3) is 0 Å². The van der Waals surface area contributed by atoms with Crippen LogP contribution in [-0.2, 0) is 34.0 Å². The van der Waals surface area contributed by atoms with E-state index in [9.17, 15) is 41.5 Å². The number of anilines is 3. The van der Waals surface area contributed by atoms with E-state index in [4.69, 9.17) is 0 Å². The third kappa shape index (κ3) is 9.52. The Morgan fingerprint density at radius 1 is 0.980 bits per heavy atom. The van der Waals surface area contributed by atoms with Crippen molar-refractivity contribution in [3.63, 3.8) is 0 Å². The number of hydrogen-bond donors (Lipinski definition) is 3. The highest BCUT2D eigenvalue weighted by Gasteiger charge is 2.31. The SMILES string of the molecule is CS(=O)(=O)N(c1ccc(C#N)cc1)c1cc(C(=O)N[C@@H](Cc2ccccc2)[C@H](O)CNCc2cccc(C(F)(F)F)c2)cc(N2CCCC2=O)c1. The fourth-order valence-corrected chi connectivity index (χ4v) is 6.88. The Balaban J connectivity index is 1.45. The average molecular weight is 720 g/mol. The van der Waals surface area contributed by atoms with Crippen LogP contribution in [0.5, 0.6) is 0 Å². The van der Waals surface area contributed by atoms with Gasteiger partial charge in [-0.05, 0) is 72.5 Å². The highest BCUT2D eigenvalue weighted by atomic mass is 32.2. The number of carbonyl (C=O) groups excluding carboxylic acids is 2. The Bertz CT molecular complexity index is 2020. The largest absolute Gasteiger partial charge is 0.416 e. The van der Waals surface area contributed by atoms with Gasteiger partial charge in [0.25, 0.3) is 5.91 Å². The summed E-state index contributed by atoms with van der Waals surface area (Å²) < 4.78 is 67.0. The second-order valence-electron chi connectivity index (χ2n) is 12.2. The lowest BCUT2D eigenvalue weighted by molar-refractivity contribution is -0.137. The molecule has 1 aliphatic rings. The fourth-order valence-electron chi connectivity index (χ4n) is 5.89. The van der Waals surface area contributed by atoms with E-state index in [-0.39, 0.29) is 48.8 Å². The van der Waals surface area contributed by atoms with Gasteiger partial charge in [-0.15, -0.1) is 0 Å². The first kappa shape index (κ1) is 37.0. The molecule has 0 radical (unpaired) electrons. The molecule has 0 saturated carbocycles. The van der Waals surface area contributed by atoms with E-state index in [1.54, 1.807) is 12.1 Å². The van der Waals surface area contributed by atoms with Crippen molar-refractivity contribution in [2.24, 2.45) is 0 Å². The van der Waals surface area contributed by atoms with Crippen molar-refractivity contribution in [2.75, 3.05) is 28.6 Å². The summed E-state index contributed by atoms with van der Waals surface area (Å²) in [5.41, 5.74) is 1.29. The summed E-state index contributed by atoms with van der Waals surface area (Å²) >= 11 is 0. The lowest BCUT2D eigenvalue weighted by Crippen LogP contribution is -2.48. The maximum Gasteiger partial charge on any atom is 0.416 e. The van der Waals surface area contributed by atoms with Gasteiger partial charge in [-0.1, -0.05) is 48.5 Å². The van der Waals surface area contributed by atoms with Crippen molar-refractivity contribution in [2.45, 2.75) is 44.1 Å². The maximum absolute atomic E-state index is 14.0. The van der Waals surface area contributed by atoms with Crippen molar-refractivity contribution < 1.29 is 36.3 Å². The molecule has 2 atom stereocenters. The zero-order valence-corrected chi connectivity index (χ0v) is 28.4. The number of nitriles is 1. The highest BCUT2D eigenvalue weighted by molar-refractivity contribution is 7.92. The zero-order chi connectivity index (χ0) is 36.8. The molecule has 10 nitrogen and oxygen atoms in total. The summed E-state index contributed by atoms with van der Waals surface area (Å²) in [7, 11) is -4.00. The van der Waals surface area contributed by atoms with Gasteiger partial charge in [0.05, 0.1) is 47.0 Å². The molecule has 1 aliphatic heterocycles. The van der Waals surface area contributed by atoms with Crippen LogP contribution in [-0.4, -0.2) is 56.8 Å². The van der Waals surface area contributed by atoms with Gasteiger partial charge in [-0.2, -0.15) is 18.4 Å². The van der Waals surface area contributed by atoms with Crippen molar-refractivity contribution >= 4 is 38.9 Å². The van der Waals surface area contributed by atoms with Gasteiger partial charge in [0.2, 0.25) is 15.9 Å². The summed E-state index contributed by atoms with van der Waals surface area (Å²) in [6.45, 7) is 0.313. The number of benzene rings is 4. The molecule has 1 heterocycles. The molecule has 0 aromatic heterocycles. The molecule has 1 saturated heterocycles. The van der Waals surface area contributed by atoms with Crippen molar-refractivity contribution in [1.82, 2.24) is 10.6 Å². The molecule has 266 valence electrons. The van der Waals surface area contributed by atoms with Crippen LogP contribution >= 0.6 is 0 Å². The Kier molecular flexibility index (Phi) is 11.4. The summed E-state index contributed by atoms with van der Waals surface area (Å²) in [6, 6.07) is 25.2. The second kappa shape index (κ2) is 15.8. The van der Waals surface area contributed by atoms with Crippen LogP contribution in [0.2, 0.25) is 0 Å². The summed E-state index contributed by atoms with van der Waals surface area (Å²) in [5, 5.41) is 26.4. The van der Waals surface area contributed by atoms with Crippen LogP contribution in [0.3, 0.4) is 0 Å². The molecule has 5 rings (SSSR count). The van der Waals surface area contributed by atoms with Crippen molar-refractivity contribution in [3.8, 4) is 6.07 Å². The molecule has 0 unspecified atom stereocenters. The van der Waals surface area contributed by atoms with Gasteiger partial charge < -0.3 is 20.6 Å². The van der Waals surface area contributed by atoms with Gasteiger partial charge in [0.1, 0.15) is 0 Å². The molecule has 1 fully saturated rings. The number of halogens is 3. The van der Waals surface area contributed by atoms with E-state index in [1.165, 1.54) is 59.5 Å². The molecule has 2 amide bonds. The first-order chi connectivity index (χ1) is 24.2. The van der Waals surface area contributed by atoms with Gasteiger partial charge in [0.15, 0.2) is 0 Å². The summed E-state index contributed by atoms with van der Waals surface area (Å²) in [6.07, 6.45) is -3.65. The van der Waals surface area contributed by atoms with Gasteiger partial charge in [0, 0.05) is 37.3 Å². The minimum atomic E-state index is -4.50. The smallest absolute Gasteiger partial charge is 0.390 e. The van der Waals surface area contributed by atoms with E-state index in [2.05, 4.69) is 10.6 Å². The number of aliphatic hydroxyl groups is 1. The van der Waals surface area contributed by atoms with E-state index >= 15 is 0 Å². The molecule has 0 aliphatic carbocycles. The fraction of sp³-hybridized carbons (Fsp3) is 0.270. The van der Waals surface area contributed by atoms with Crippen LogP contribution in [0.15, 0.2) is 97.1 Å². The zero-order valence-electron chi connectivity index (χ0n) is 27.6. The number of rotatable bonds is 13. The lowest BCUT2D eigenvalue weighted by atomic mass is 10.00. The second-order valence-corrected chi connectivity index (χ2v) is 14.1. The summed E-state index contributed by atoms with van der Waals surface area (Å²) in [4.78, 5) is 28.3. The van der Waals surface area contributed by atoms with Crippen molar-refractivity contribution in [3.05, 3.63) is 125 Å². The number of nitrogens with zero attached hydrogens (tertiary/aromatic N) is 3. The van der Waals surface area contributed by atoms with E-state index < -0.39 is 39.8 Å². The molecular formula is C37H36F3N5O5S. The number of sulfonamides is 1. The van der Waals surface area contributed by atoms with Crippen LogP contribution in [0.1, 0.15) is 45.5 Å². The number of carbonyl (C=O) groups is 2. The van der Waals surface area contributed by atoms with E-state index in [1.807, 2.05) is 24.3 Å². The maximum atomic E-state index is 14.0. The Hall–Kier alpha value is -5.23. The summed E-state index contributed by atoms with van der Waals surface area (Å²) in [5.74, 6) is -0.845. The third-order valence-corrected chi connectivity index (χ3v) is 9.45. The number of amides is 2. The van der Waals surface area contributed by atoms with Crippen LogP contribution in [0.4, 0.5) is 30.2 Å². The normalized spacial score (nSPS) is 14.5. The monoisotopic (exact) mass is 719 g/mol. The first-order valence-corrected chi connectivity index (χ1v) is 17.9. The van der Waals surface area contributed by atoms with Crippen LogP contribution in [0, 0.1) is 11.3 Å². The Morgan fingerprint density at radius 3 is 2.31 bits per heavy atom. The van der Waals surface area contributed by atoms with Gasteiger partial charge >= 0.3 is 6.18 Å². The quantitative estimate of drug-likeness (QED) is 0.170. The lowest BCUT2D eigenvalue weighted by Gasteiger charge is -2.27. The number of hydrogen-bond acceptors (Lipinski definition) is 7. The molecular weight excluding hydrogens is 683 g/mol. The predicted octanol–water partition coefficient (Wildman–Crippen LogP) is 5.29. The Labute approximate surface area is 294 Å². The molecule has 14 heteroatoms. The molecule has 3 N–H and O–H groups in total. The van der Waals surface area contributed by atoms with Gasteiger partial charge in [-0.25, -0.2) is 12.7 Å². The Morgan fingerprint density at radius 2 is 1.69 bits per heavy atom. The highest BCUT2D eigenvalue weighted by Crippen LogP contribution is 2.34. The number of aliphatic hydroxyl groups excluding tert-OH is 1. The number of alkyl halides is 3. The average Bonchev–Trinajstić information content (AvgIpc) is 3.53.